The molecule has 0 aromatic heterocycles. The van der Waals surface area contributed by atoms with Crippen LogP contribution in [0.3, 0.4) is 0 Å². The molecule has 0 unspecified atom stereocenters. The van der Waals surface area contributed by atoms with Crippen LogP contribution in [0, 0.1) is 0 Å². The molecular formula is C22H28BN3O2. The molecule has 2 aliphatic heterocycles. The first kappa shape index (κ1) is 19.0. The van der Waals surface area contributed by atoms with Gasteiger partial charge >= 0.3 is 7.05 Å². The Hall–Kier alpha value is -2.31. The topological polar surface area (TPSA) is 47.0 Å². The number of hydrogen-bond acceptors (Lipinski definition) is 4. The summed E-state index contributed by atoms with van der Waals surface area (Å²) in [5.74, 6) is 0.209. The van der Waals surface area contributed by atoms with E-state index in [1.165, 1.54) is 11.3 Å². The number of carbonyl (C=O) groups excluding carboxylic acids is 1. The van der Waals surface area contributed by atoms with Crippen molar-refractivity contribution < 1.29 is 9.82 Å². The van der Waals surface area contributed by atoms with E-state index in [2.05, 4.69) is 52.2 Å². The molecular weight excluding hydrogens is 349 g/mol. The van der Waals surface area contributed by atoms with E-state index < -0.39 is 0 Å². The Morgan fingerprint density at radius 1 is 1.00 bits per heavy atom. The van der Waals surface area contributed by atoms with Crippen LogP contribution in [0.25, 0.3) is 0 Å². The highest BCUT2D eigenvalue weighted by Crippen LogP contribution is 2.29. The van der Waals surface area contributed by atoms with Crippen molar-refractivity contribution in [3.63, 3.8) is 0 Å². The second-order valence-electron chi connectivity index (χ2n) is 7.79. The fourth-order valence-corrected chi connectivity index (χ4v) is 4.25. The van der Waals surface area contributed by atoms with Crippen LogP contribution < -0.4 is 9.80 Å². The molecule has 2 heterocycles. The number of para-hydroxylation sites is 1. The van der Waals surface area contributed by atoms with E-state index in [1.54, 1.807) is 0 Å². The Balaban J connectivity index is 1.52. The first-order valence-electron chi connectivity index (χ1n) is 10.3. The smallest absolute Gasteiger partial charge is 0.376 e. The highest BCUT2D eigenvalue weighted by molar-refractivity contribution is 6.45. The number of piperazine rings is 1. The number of hydrogen-bond donors (Lipinski definition) is 1. The van der Waals surface area contributed by atoms with Gasteiger partial charge in [-0.05, 0) is 49.0 Å². The third kappa shape index (κ3) is 4.08. The summed E-state index contributed by atoms with van der Waals surface area (Å²) in [6.45, 7) is 5.96. The van der Waals surface area contributed by atoms with Crippen LogP contribution >= 0.6 is 0 Å². The predicted molar refractivity (Wildman–Crippen MR) is 115 cm³/mol. The summed E-state index contributed by atoms with van der Waals surface area (Å²) in [6.07, 6.45) is 2.49. The summed E-state index contributed by atoms with van der Waals surface area (Å²) < 4.78 is 0. The molecule has 0 saturated carbocycles. The van der Waals surface area contributed by atoms with Crippen LogP contribution in [0.4, 0.5) is 11.4 Å². The zero-order chi connectivity index (χ0) is 19.5. The Morgan fingerprint density at radius 2 is 1.79 bits per heavy atom. The summed E-state index contributed by atoms with van der Waals surface area (Å²) in [6, 6.07) is 16.8. The quantitative estimate of drug-likeness (QED) is 0.833. The Bertz CT molecular complexity index is 834. The fourth-order valence-electron chi connectivity index (χ4n) is 4.25. The third-order valence-electron chi connectivity index (χ3n) is 5.88. The van der Waals surface area contributed by atoms with Gasteiger partial charge in [0.15, 0.2) is 0 Å². The van der Waals surface area contributed by atoms with E-state index in [-0.39, 0.29) is 13.0 Å². The number of amides is 1. The van der Waals surface area contributed by atoms with Gasteiger partial charge in [0.25, 0.3) is 0 Å². The molecule has 0 atom stereocenters. The monoisotopic (exact) mass is 377 g/mol. The van der Waals surface area contributed by atoms with Gasteiger partial charge in [-0.25, -0.2) is 0 Å². The third-order valence-corrected chi connectivity index (χ3v) is 5.88. The summed E-state index contributed by atoms with van der Waals surface area (Å²) in [4.78, 5) is 19.2. The van der Waals surface area contributed by atoms with Crippen LogP contribution in [-0.2, 0) is 17.8 Å². The summed E-state index contributed by atoms with van der Waals surface area (Å²) in [5, 5.41) is 9.76. The molecule has 2 aromatic carbocycles. The lowest BCUT2D eigenvalue weighted by molar-refractivity contribution is -0.118. The molecule has 28 heavy (non-hydrogen) atoms. The van der Waals surface area contributed by atoms with E-state index >= 15 is 0 Å². The zero-order valence-corrected chi connectivity index (χ0v) is 16.6. The van der Waals surface area contributed by atoms with Gasteiger partial charge in [-0.3, -0.25) is 4.79 Å². The van der Waals surface area contributed by atoms with Crippen molar-refractivity contribution in [3.8, 4) is 0 Å². The fraction of sp³-hybridized carbons (Fsp3) is 0.409. The lowest BCUT2D eigenvalue weighted by Crippen LogP contribution is -2.51. The summed E-state index contributed by atoms with van der Waals surface area (Å²) in [5.41, 5.74) is 4.67. The minimum absolute atomic E-state index is 0.209. The number of anilines is 2. The van der Waals surface area contributed by atoms with Crippen molar-refractivity contribution in [2.24, 2.45) is 0 Å². The lowest BCUT2D eigenvalue weighted by Gasteiger charge is -2.37. The van der Waals surface area contributed by atoms with Crippen molar-refractivity contribution in [2.75, 3.05) is 36.0 Å². The Kier molecular flexibility index (Phi) is 5.69. The first-order valence-corrected chi connectivity index (χ1v) is 10.3. The van der Waals surface area contributed by atoms with Crippen LogP contribution in [0.2, 0.25) is 6.82 Å². The standard InChI is InChI=1S/C22H28BN3O2/c1-23(28)25-14-12-24(13-15-25)20-9-4-6-18(16-20)17-26-21-10-3-2-7-19(21)8-5-11-22(26)27/h2-4,6-7,9-10,16,28H,5,8,11-15,17H2,1H3. The lowest BCUT2D eigenvalue weighted by atomic mass is 9.84. The van der Waals surface area contributed by atoms with E-state index in [4.69, 9.17) is 0 Å². The number of benzene rings is 2. The molecule has 1 saturated heterocycles. The van der Waals surface area contributed by atoms with Crippen LogP contribution in [0.1, 0.15) is 24.0 Å². The van der Waals surface area contributed by atoms with E-state index in [1.807, 2.05) is 17.8 Å². The largest absolute Gasteiger partial charge is 0.437 e. The molecule has 5 nitrogen and oxygen atoms in total. The van der Waals surface area contributed by atoms with Crippen molar-refractivity contribution in [3.05, 3.63) is 59.7 Å². The zero-order valence-electron chi connectivity index (χ0n) is 16.6. The Morgan fingerprint density at radius 3 is 2.57 bits per heavy atom. The van der Waals surface area contributed by atoms with E-state index in [9.17, 15) is 9.82 Å². The molecule has 0 bridgehead atoms. The molecule has 2 aromatic rings. The van der Waals surface area contributed by atoms with Crippen LogP contribution in [0.5, 0.6) is 0 Å². The maximum atomic E-state index is 12.8. The summed E-state index contributed by atoms with van der Waals surface area (Å²) in [7, 11) is -0.386. The number of rotatable bonds is 4. The minimum Gasteiger partial charge on any atom is -0.437 e. The van der Waals surface area contributed by atoms with Crippen molar-refractivity contribution in [1.29, 1.82) is 0 Å². The minimum atomic E-state index is -0.386. The maximum Gasteiger partial charge on any atom is 0.376 e. The Labute approximate surface area is 167 Å². The van der Waals surface area contributed by atoms with Crippen molar-refractivity contribution >= 4 is 24.3 Å². The SMILES string of the molecule is CB(O)N1CCN(c2cccc(CN3C(=O)CCCc4ccccc43)c2)CC1. The van der Waals surface area contributed by atoms with Gasteiger partial charge in [0.05, 0.1) is 6.54 Å². The molecule has 0 spiro atoms. The van der Waals surface area contributed by atoms with Crippen molar-refractivity contribution in [1.82, 2.24) is 4.81 Å². The van der Waals surface area contributed by atoms with Gasteiger partial charge in [-0.2, -0.15) is 0 Å². The van der Waals surface area contributed by atoms with Crippen LogP contribution in [-0.4, -0.2) is 49.0 Å². The number of fused-ring (bicyclic) bond motifs is 1. The molecule has 1 amide bonds. The molecule has 1 fully saturated rings. The first-order chi connectivity index (χ1) is 13.6. The average molecular weight is 377 g/mol. The van der Waals surface area contributed by atoms with Gasteiger partial charge in [0.2, 0.25) is 5.91 Å². The molecule has 0 radical (unpaired) electrons. The van der Waals surface area contributed by atoms with Gasteiger partial charge < -0.3 is 19.6 Å². The van der Waals surface area contributed by atoms with Gasteiger partial charge in [-0.1, -0.05) is 30.3 Å². The number of nitrogens with zero attached hydrogens (tertiary/aromatic N) is 3. The van der Waals surface area contributed by atoms with Gasteiger partial charge in [-0.15, -0.1) is 0 Å². The van der Waals surface area contributed by atoms with E-state index in [0.717, 1.165) is 50.3 Å². The van der Waals surface area contributed by atoms with Crippen molar-refractivity contribution in [2.45, 2.75) is 32.6 Å². The molecule has 6 heteroatoms. The highest BCUT2D eigenvalue weighted by Gasteiger charge is 2.24. The predicted octanol–water partition coefficient (Wildman–Crippen LogP) is 2.79. The average Bonchev–Trinajstić information content (AvgIpc) is 2.87. The molecule has 2 aliphatic rings. The molecule has 0 aliphatic carbocycles. The second-order valence-corrected chi connectivity index (χ2v) is 7.79. The number of carbonyl (C=O) groups is 1. The van der Waals surface area contributed by atoms with E-state index in [0.29, 0.717) is 13.0 Å². The summed E-state index contributed by atoms with van der Waals surface area (Å²) >= 11 is 0. The van der Waals surface area contributed by atoms with Gasteiger partial charge in [0.1, 0.15) is 0 Å². The molecule has 146 valence electrons. The molecule has 1 N–H and O–H groups in total. The normalized spacial score (nSPS) is 18.0. The van der Waals surface area contributed by atoms with Gasteiger partial charge in [0, 0.05) is 44.0 Å². The second kappa shape index (κ2) is 8.37. The maximum absolute atomic E-state index is 12.8. The highest BCUT2D eigenvalue weighted by atomic mass is 16.2. The molecule has 4 rings (SSSR count). The van der Waals surface area contributed by atoms with Crippen LogP contribution in [0.15, 0.2) is 48.5 Å². The number of aryl methyl sites for hydroxylation is 1.